The maximum absolute atomic E-state index is 13.3. The predicted molar refractivity (Wildman–Crippen MR) is 123 cm³/mol. The van der Waals surface area contributed by atoms with E-state index in [1.165, 1.54) is 5.56 Å². The Hall–Kier alpha value is -2.70. The van der Waals surface area contributed by atoms with E-state index in [4.69, 9.17) is 4.74 Å². The molecule has 0 saturated carbocycles. The topological polar surface area (TPSA) is 65.9 Å². The first kappa shape index (κ1) is 23.0. The van der Waals surface area contributed by atoms with E-state index in [1.807, 2.05) is 50.3 Å². The zero-order chi connectivity index (χ0) is 22.4. The summed E-state index contributed by atoms with van der Waals surface area (Å²) in [7, 11) is 2.07. The minimum absolute atomic E-state index is 0.0707. The van der Waals surface area contributed by atoms with Crippen molar-refractivity contribution in [3.8, 4) is 5.88 Å². The number of ether oxygens (including phenoxy) is 1. The van der Waals surface area contributed by atoms with Crippen LogP contribution in [0, 0.1) is 5.92 Å². The third kappa shape index (κ3) is 5.71. The Morgan fingerprint density at radius 2 is 2.10 bits per heavy atom. The average molecular weight is 424 g/mol. The summed E-state index contributed by atoms with van der Waals surface area (Å²) in [5.74, 6) is 0.276. The van der Waals surface area contributed by atoms with Crippen LogP contribution in [0.4, 0.5) is 0 Å². The molecule has 166 valence electrons. The van der Waals surface area contributed by atoms with Crippen molar-refractivity contribution in [1.82, 2.24) is 14.8 Å². The lowest BCUT2D eigenvalue weighted by Gasteiger charge is -2.37. The van der Waals surface area contributed by atoms with Crippen molar-refractivity contribution in [2.45, 2.75) is 39.5 Å². The van der Waals surface area contributed by atoms with Gasteiger partial charge in [0.25, 0.3) is 5.91 Å². The highest BCUT2D eigenvalue weighted by molar-refractivity contribution is 5.97. The maximum atomic E-state index is 13.3. The van der Waals surface area contributed by atoms with E-state index in [-0.39, 0.29) is 30.6 Å². The summed E-state index contributed by atoms with van der Waals surface area (Å²) in [5, 5.41) is 9.76. The molecule has 1 aliphatic heterocycles. The van der Waals surface area contributed by atoms with Crippen molar-refractivity contribution in [3.63, 3.8) is 0 Å². The number of nitrogens with zero attached hydrogens (tertiary/aromatic N) is 3. The van der Waals surface area contributed by atoms with Gasteiger partial charge >= 0.3 is 0 Å². The van der Waals surface area contributed by atoms with Crippen LogP contribution in [-0.2, 0) is 6.54 Å². The first-order chi connectivity index (χ1) is 14.9. The number of likely N-dealkylation sites (N-methyl/N-ethyl adjacent to an activating group) is 1. The molecular formula is C25H33N3O3. The Morgan fingerprint density at radius 3 is 2.77 bits per heavy atom. The summed E-state index contributed by atoms with van der Waals surface area (Å²) in [4.78, 5) is 21.8. The second-order valence-electron chi connectivity index (χ2n) is 8.43. The smallest absolute Gasteiger partial charge is 0.259 e. The van der Waals surface area contributed by atoms with Gasteiger partial charge in [-0.15, -0.1) is 0 Å². The molecule has 1 aromatic carbocycles. The molecule has 1 N–H and O–H groups in total. The van der Waals surface area contributed by atoms with Gasteiger partial charge in [-0.3, -0.25) is 9.69 Å². The molecule has 1 aliphatic rings. The van der Waals surface area contributed by atoms with Crippen LogP contribution < -0.4 is 4.74 Å². The van der Waals surface area contributed by atoms with Gasteiger partial charge in [0.15, 0.2) is 0 Å². The van der Waals surface area contributed by atoms with Gasteiger partial charge in [0.05, 0.1) is 12.6 Å². The summed E-state index contributed by atoms with van der Waals surface area (Å²) in [5.41, 5.74) is 2.53. The molecule has 2 heterocycles. The number of hydrogen-bond donors (Lipinski definition) is 1. The van der Waals surface area contributed by atoms with Gasteiger partial charge in [0.1, 0.15) is 11.7 Å². The van der Waals surface area contributed by atoms with Crippen LogP contribution in [-0.4, -0.2) is 64.7 Å². The van der Waals surface area contributed by atoms with Crippen LogP contribution in [0.3, 0.4) is 0 Å². The Morgan fingerprint density at radius 1 is 1.35 bits per heavy atom. The Balaban J connectivity index is 1.89. The molecule has 3 rings (SSSR count). The van der Waals surface area contributed by atoms with Gasteiger partial charge in [-0.1, -0.05) is 49.4 Å². The van der Waals surface area contributed by atoms with Gasteiger partial charge in [-0.2, -0.15) is 0 Å². The minimum atomic E-state index is -0.283. The van der Waals surface area contributed by atoms with Gasteiger partial charge in [0, 0.05) is 31.7 Å². The average Bonchev–Trinajstić information content (AvgIpc) is 2.77. The van der Waals surface area contributed by atoms with Gasteiger partial charge in [-0.25, -0.2) is 4.98 Å². The summed E-state index contributed by atoms with van der Waals surface area (Å²) < 4.78 is 6.34. The normalized spacial score (nSPS) is 20.3. The van der Waals surface area contributed by atoms with E-state index < -0.39 is 0 Å². The summed E-state index contributed by atoms with van der Waals surface area (Å²) in [6.07, 6.45) is 5.40. The third-order valence-electron chi connectivity index (χ3n) is 5.69. The zero-order valence-electron chi connectivity index (χ0n) is 18.9. The van der Waals surface area contributed by atoms with Crippen LogP contribution in [0.1, 0.15) is 42.3 Å². The first-order valence-electron chi connectivity index (χ1n) is 10.9. The standard InChI is InChI=1S/C25H33N3O3/c1-5-9-21-12-22-24(26-13-21)31-23(16-27(4)15-20-10-7-6-8-11-20)18(2)14-28(25(22)30)19(3)17-29/h5-13,18-19,23,29H,14-17H2,1-4H3/b9-5+/t18-,19+,23-/m0/s1. The molecule has 1 amide bonds. The monoisotopic (exact) mass is 423 g/mol. The first-order valence-corrected chi connectivity index (χ1v) is 10.9. The molecule has 0 saturated heterocycles. The highest BCUT2D eigenvalue weighted by atomic mass is 16.5. The van der Waals surface area contributed by atoms with E-state index in [9.17, 15) is 9.90 Å². The number of fused-ring (bicyclic) bond motifs is 1. The number of pyridine rings is 1. The number of aromatic nitrogens is 1. The quantitative estimate of drug-likeness (QED) is 0.739. The maximum Gasteiger partial charge on any atom is 0.259 e. The van der Waals surface area contributed by atoms with Crippen LogP contribution in [0.2, 0.25) is 0 Å². The van der Waals surface area contributed by atoms with Crippen LogP contribution in [0.25, 0.3) is 6.08 Å². The van der Waals surface area contributed by atoms with Crippen molar-refractivity contribution >= 4 is 12.0 Å². The van der Waals surface area contributed by atoms with Crippen LogP contribution in [0.5, 0.6) is 5.88 Å². The van der Waals surface area contributed by atoms with Gasteiger partial charge in [-0.05, 0) is 38.1 Å². The Kier molecular flexibility index (Phi) is 7.82. The number of carbonyl (C=O) groups excluding carboxylic acids is 1. The zero-order valence-corrected chi connectivity index (χ0v) is 18.9. The van der Waals surface area contributed by atoms with Crippen molar-refractivity contribution in [3.05, 3.63) is 65.4 Å². The number of carbonyl (C=O) groups is 1. The van der Waals surface area contributed by atoms with Crippen molar-refractivity contribution in [2.75, 3.05) is 26.7 Å². The number of benzene rings is 1. The molecule has 0 unspecified atom stereocenters. The lowest BCUT2D eigenvalue weighted by atomic mass is 9.99. The molecule has 0 radical (unpaired) electrons. The summed E-state index contributed by atoms with van der Waals surface area (Å²) in [6, 6.07) is 11.9. The largest absolute Gasteiger partial charge is 0.472 e. The molecule has 0 aliphatic carbocycles. The molecule has 0 fully saturated rings. The molecule has 6 heteroatoms. The number of rotatable bonds is 7. The molecule has 0 bridgehead atoms. The molecule has 31 heavy (non-hydrogen) atoms. The van der Waals surface area contributed by atoms with Crippen molar-refractivity contribution in [1.29, 1.82) is 0 Å². The fraction of sp³-hybridized carbons (Fsp3) is 0.440. The number of aliphatic hydroxyl groups is 1. The summed E-state index contributed by atoms with van der Waals surface area (Å²) >= 11 is 0. The van der Waals surface area contributed by atoms with Gasteiger partial charge in [0.2, 0.25) is 5.88 Å². The van der Waals surface area contributed by atoms with E-state index in [0.29, 0.717) is 24.5 Å². The van der Waals surface area contributed by atoms with Crippen LogP contribution in [0.15, 0.2) is 48.7 Å². The van der Waals surface area contributed by atoms with Crippen molar-refractivity contribution in [2.24, 2.45) is 5.92 Å². The van der Waals surface area contributed by atoms with E-state index in [1.54, 1.807) is 11.1 Å². The van der Waals surface area contributed by atoms with Gasteiger partial charge < -0.3 is 14.7 Å². The third-order valence-corrected chi connectivity index (χ3v) is 5.69. The molecular weight excluding hydrogens is 390 g/mol. The molecule has 1 aromatic heterocycles. The second kappa shape index (κ2) is 10.6. The van der Waals surface area contributed by atoms with E-state index >= 15 is 0 Å². The fourth-order valence-electron chi connectivity index (χ4n) is 3.89. The van der Waals surface area contributed by atoms with E-state index in [0.717, 1.165) is 12.1 Å². The Bertz CT molecular complexity index is 900. The lowest BCUT2D eigenvalue weighted by Crippen LogP contribution is -2.49. The molecule has 6 nitrogen and oxygen atoms in total. The molecule has 3 atom stereocenters. The number of hydrogen-bond acceptors (Lipinski definition) is 5. The molecule has 0 spiro atoms. The van der Waals surface area contributed by atoms with E-state index in [2.05, 4.69) is 36.0 Å². The highest BCUT2D eigenvalue weighted by Crippen LogP contribution is 2.27. The Labute approximate surface area is 185 Å². The van der Waals surface area contributed by atoms with Crippen molar-refractivity contribution < 1.29 is 14.6 Å². The SMILES string of the molecule is C/C=C/c1cnc2c(c1)C(=O)N([C@H](C)CO)C[C@H](C)[C@H](CN(C)Cc1ccccc1)O2. The summed E-state index contributed by atoms with van der Waals surface area (Å²) in [6.45, 7) is 7.81. The fourth-order valence-corrected chi connectivity index (χ4v) is 3.89. The minimum Gasteiger partial charge on any atom is -0.472 e. The lowest BCUT2D eigenvalue weighted by molar-refractivity contribution is 0.0325. The highest BCUT2D eigenvalue weighted by Gasteiger charge is 2.34. The molecule has 2 aromatic rings. The second-order valence-corrected chi connectivity index (χ2v) is 8.43. The number of aliphatic hydroxyl groups excluding tert-OH is 1. The van der Waals surface area contributed by atoms with Crippen LogP contribution >= 0.6 is 0 Å². The number of allylic oxidation sites excluding steroid dienone is 1. The predicted octanol–water partition coefficient (Wildman–Crippen LogP) is 3.47. The number of amides is 1.